The van der Waals surface area contributed by atoms with Crippen molar-refractivity contribution in [3.63, 3.8) is 0 Å². The molecule has 1 heterocycles. The number of esters is 1. The highest BCUT2D eigenvalue weighted by Crippen LogP contribution is 2.37. The first kappa shape index (κ1) is 24.5. The highest BCUT2D eigenvalue weighted by atomic mass is 19.4. The Morgan fingerprint density at radius 2 is 1.94 bits per heavy atom. The summed E-state index contributed by atoms with van der Waals surface area (Å²) in [7, 11) is 0. The Morgan fingerprint density at radius 1 is 1.24 bits per heavy atom. The van der Waals surface area contributed by atoms with E-state index in [1.807, 2.05) is 0 Å². The summed E-state index contributed by atoms with van der Waals surface area (Å²) in [5.41, 5.74) is -1.05. The van der Waals surface area contributed by atoms with Crippen molar-refractivity contribution >= 4 is 34.8 Å². The minimum absolute atomic E-state index is 0.0129. The number of benzene rings is 2. The fraction of sp³-hybridized carbons (Fsp3) is 0.286. The molecule has 0 saturated carbocycles. The van der Waals surface area contributed by atoms with Crippen molar-refractivity contribution in [2.75, 3.05) is 23.4 Å². The number of hydrogen-bond donors (Lipinski definition) is 1. The number of nitrogens with one attached hydrogen (secondary N) is 1. The number of anilines is 2. The molecule has 0 bridgehead atoms. The summed E-state index contributed by atoms with van der Waals surface area (Å²) < 4.78 is 51.1. The summed E-state index contributed by atoms with van der Waals surface area (Å²) in [6, 6.07) is 6.11. The van der Waals surface area contributed by atoms with Crippen LogP contribution in [0.5, 0.6) is 5.75 Å². The Labute approximate surface area is 190 Å². The molecule has 180 valence electrons. The van der Waals surface area contributed by atoms with Crippen LogP contribution in [0.15, 0.2) is 42.5 Å². The molecule has 0 aromatic heterocycles. The van der Waals surface area contributed by atoms with E-state index in [0.29, 0.717) is 4.90 Å². The maximum absolute atomic E-state index is 13.7. The van der Waals surface area contributed by atoms with E-state index in [4.69, 9.17) is 9.47 Å². The van der Waals surface area contributed by atoms with Crippen molar-refractivity contribution in [3.8, 4) is 5.75 Å². The van der Waals surface area contributed by atoms with Gasteiger partial charge in [-0.15, -0.1) is 0 Å². The topological polar surface area (TPSA) is 128 Å². The monoisotopic (exact) mass is 481 g/mol. The Morgan fingerprint density at radius 3 is 2.59 bits per heavy atom. The second-order valence-electron chi connectivity index (χ2n) is 7.04. The van der Waals surface area contributed by atoms with Crippen LogP contribution >= 0.6 is 0 Å². The number of nitro benzene ring substituents is 1. The van der Waals surface area contributed by atoms with Gasteiger partial charge in [-0.2, -0.15) is 13.2 Å². The lowest BCUT2D eigenvalue weighted by Gasteiger charge is -2.31. The van der Waals surface area contributed by atoms with E-state index in [-0.39, 0.29) is 29.3 Å². The highest BCUT2D eigenvalue weighted by molar-refractivity contribution is 6.05. The van der Waals surface area contributed by atoms with Crippen LogP contribution in [0.1, 0.15) is 23.7 Å². The number of hydrogen-bond acceptors (Lipinski definition) is 7. The van der Waals surface area contributed by atoms with Crippen LogP contribution in [0, 0.1) is 10.1 Å². The Balaban J connectivity index is 1.85. The van der Waals surface area contributed by atoms with Gasteiger partial charge in [-0.1, -0.05) is 12.1 Å². The molecular formula is C21H18F3N3O7. The maximum atomic E-state index is 13.7. The summed E-state index contributed by atoms with van der Waals surface area (Å²) in [6.45, 7) is 0.638. The molecule has 2 amide bonds. The molecule has 0 saturated heterocycles. The van der Waals surface area contributed by atoms with E-state index in [1.54, 1.807) is 6.92 Å². The lowest BCUT2D eigenvalue weighted by Crippen LogP contribution is -2.51. The molecule has 1 aliphatic heterocycles. The first-order valence-corrected chi connectivity index (χ1v) is 9.89. The van der Waals surface area contributed by atoms with E-state index in [2.05, 4.69) is 5.32 Å². The zero-order valence-corrected chi connectivity index (χ0v) is 17.6. The molecule has 0 fully saturated rings. The summed E-state index contributed by atoms with van der Waals surface area (Å²) in [5, 5.41) is 13.5. The van der Waals surface area contributed by atoms with Gasteiger partial charge < -0.3 is 14.8 Å². The van der Waals surface area contributed by atoms with Gasteiger partial charge in [0.2, 0.25) is 5.91 Å². The molecule has 0 spiro atoms. The van der Waals surface area contributed by atoms with Gasteiger partial charge in [0.05, 0.1) is 34.9 Å². The second-order valence-corrected chi connectivity index (χ2v) is 7.04. The number of fused-ring (bicyclic) bond motifs is 1. The minimum atomic E-state index is -4.95. The van der Waals surface area contributed by atoms with Crippen molar-refractivity contribution < 1.29 is 42.0 Å². The molecule has 1 atom stereocenters. The number of carbonyl (C=O) groups excluding carboxylic acids is 3. The molecule has 2 aromatic rings. The molecule has 0 radical (unpaired) electrons. The normalized spacial score (nSPS) is 15.6. The third-order valence-corrected chi connectivity index (χ3v) is 4.79. The third-order valence-electron chi connectivity index (χ3n) is 4.79. The predicted octanol–water partition coefficient (Wildman–Crippen LogP) is 3.46. The van der Waals surface area contributed by atoms with Crippen molar-refractivity contribution in [2.24, 2.45) is 0 Å². The number of nitro groups is 1. The quantitative estimate of drug-likeness (QED) is 0.380. The van der Waals surface area contributed by atoms with Crippen molar-refractivity contribution in [2.45, 2.75) is 25.6 Å². The number of carbonyl (C=O) groups is 3. The van der Waals surface area contributed by atoms with Gasteiger partial charge in [0, 0.05) is 6.07 Å². The molecule has 3 rings (SSSR count). The van der Waals surface area contributed by atoms with Crippen LogP contribution in [0.3, 0.4) is 0 Å². The first-order valence-electron chi connectivity index (χ1n) is 9.89. The number of nitrogens with zero attached hydrogens (tertiary/aromatic N) is 2. The molecule has 0 aliphatic carbocycles. The van der Waals surface area contributed by atoms with Crippen LogP contribution in [-0.2, 0) is 14.3 Å². The van der Waals surface area contributed by atoms with Gasteiger partial charge in [0.1, 0.15) is 6.04 Å². The van der Waals surface area contributed by atoms with E-state index in [0.717, 1.165) is 12.1 Å². The molecule has 1 aliphatic rings. The summed E-state index contributed by atoms with van der Waals surface area (Å²) in [4.78, 5) is 48.0. The van der Waals surface area contributed by atoms with Crippen LogP contribution in [0.4, 0.5) is 30.2 Å². The van der Waals surface area contributed by atoms with Crippen LogP contribution < -0.4 is 15.0 Å². The minimum Gasteiger partial charge on any atom is -0.487 e. The maximum Gasteiger partial charge on any atom is 0.409 e. The molecule has 1 N–H and O–H groups in total. The number of halogens is 3. The summed E-state index contributed by atoms with van der Waals surface area (Å²) >= 11 is 0. The standard InChI is InChI=1S/C21H18F3N3O7/c1-2-33-16-8-7-12(9-15(16)27(31)32)20(30)34-11-19(29)26-14-6-4-3-5-13(14)25-18(28)10-17(26)21(22,23)24/h3-9,17H,2,10-11H2,1H3,(H,25,28). The first-order chi connectivity index (χ1) is 16.0. The van der Waals surface area contributed by atoms with Crippen LogP contribution in [0.25, 0.3) is 0 Å². The molecular weight excluding hydrogens is 463 g/mol. The smallest absolute Gasteiger partial charge is 0.409 e. The Hall–Kier alpha value is -4.16. The van der Waals surface area contributed by atoms with Gasteiger partial charge >= 0.3 is 17.8 Å². The van der Waals surface area contributed by atoms with Gasteiger partial charge in [-0.25, -0.2) is 4.79 Å². The van der Waals surface area contributed by atoms with Gasteiger partial charge in [0.25, 0.3) is 5.91 Å². The number of rotatable bonds is 6. The van der Waals surface area contributed by atoms with E-state index in [9.17, 15) is 37.7 Å². The number of amides is 2. The third kappa shape index (κ3) is 5.24. The molecule has 1 unspecified atom stereocenters. The van der Waals surface area contributed by atoms with Crippen molar-refractivity contribution in [1.82, 2.24) is 0 Å². The largest absolute Gasteiger partial charge is 0.487 e. The molecule has 10 nitrogen and oxygen atoms in total. The Kier molecular flexibility index (Phi) is 7.03. The fourth-order valence-corrected chi connectivity index (χ4v) is 3.34. The van der Waals surface area contributed by atoms with E-state index in [1.165, 1.54) is 30.3 Å². The average molecular weight is 481 g/mol. The number of ether oxygens (including phenoxy) is 2. The van der Waals surface area contributed by atoms with Crippen molar-refractivity contribution in [1.29, 1.82) is 0 Å². The van der Waals surface area contributed by atoms with E-state index >= 15 is 0 Å². The number of alkyl halides is 3. The molecule has 2 aromatic carbocycles. The van der Waals surface area contributed by atoms with Gasteiger partial charge in [-0.05, 0) is 31.2 Å². The lowest BCUT2D eigenvalue weighted by molar-refractivity contribution is -0.385. The van der Waals surface area contributed by atoms with Gasteiger partial charge in [-0.3, -0.25) is 24.6 Å². The second kappa shape index (κ2) is 9.77. The molecule has 34 heavy (non-hydrogen) atoms. The predicted molar refractivity (Wildman–Crippen MR) is 112 cm³/mol. The lowest BCUT2D eigenvalue weighted by atomic mass is 10.1. The summed E-state index contributed by atoms with van der Waals surface area (Å²) in [6.07, 6.45) is -6.01. The van der Waals surface area contributed by atoms with E-state index < -0.39 is 53.6 Å². The highest BCUT2D eigenvalue weighted by Gasteiger charge is 2.49. The van der Waals surface area contributed by atoms with Crippen LogP contribution in [0.2, 0.25) is 0 Å². The number of para-hydroxylation sites is 2. The molecule has 13 heteroatoms. The zero-order chi connectivity index (χ0) is 25.0. The Bertz CT molecular complexity index is 1140. The zero-order valence-electron chi connectivity index (χ0n) is 17.6. The average Bonchev–Trinajstić information content (AvgIpc) is 2.93. The van der Waals surface area contributed by atoms with Gasteiger partial charge in [0.15, 0.2) is 12.4 Å². The fourth-order valence-electron chi connectivity index (χ4n) is 3.34. The van der Waals surface area contributed by atoms with Crippen LogP contribution in [-0.4, -0.2) is 48.1 Å². The van der Waals surface area contributed by atoms with Crippen molar-refractivity contribution in [3.05, 3.63) is 58.1 Å². The summed E-state index contributed by atoms with van der Waals surface area (Å²) in [5.74, 6) is -3.43. The SMILES string of the molecule is CCOc1ccc(C(=O)OCC(=O)N2c3ccccc3NC(=O)CC2C(F)(F)F)cc1[N+](=O)[O-].